The fraction of sp³-hybridized carbons (Fsp3) is 0.727. The van der Waals surface area contributed by atoms with Gasteiger partial charge >= 0.3 is 0 Å². The van der Waals surface area contributed by atoms with E-state index in [0.29, 0.717) is 5.78 Å². The standard InChI is InChI=1S/C11H17N3O2/c1-8-11(13-16-12-8)7-14-5-3-4-10(6-14)9(2)15/h10H,3-7H2,1-2H3. The average Bonchev–Trinajstić information content (AvgIpc) is 2.65. The molecule has 0 amide bonds. The van der Waals surface area contributed by atoms with Crippen molar-refractivity contribution in [2.24, 2.45) is 5.92 Å². The topological polar surface area (TPSA) is 59.2 Å². The van der Waals surface area contributed by atoms with E-state index in [9.17, 15) is 4.79 Å². The van der Waals surface area contributed by atoms with Gasteiger partial charge in [0.15, 0.2) is 0 Å². The molecule has 5 heteroatoms. The predicted octanol–water partition coefficient (Wildman–Crippen LogP) is 1.18. The first-order chi connectivity index (χ1) is 7.66. The lowest BCUT2D eigenvalue weighted by Gasteiger charge is -2.30. The second-order valence-corrected chi connectivity index (χ2v) is 4.48. The highest BCUT2D eigenvalue weighted by Crippen LogP contribution is 2.19. The van der Waals surface area contributed by atoms with Crippen LogP contribution < -0.4 is 0 Å². The van der Waals surface area contributed by atoms with E-state index in [-0.39, 0.29) is 5.92 Å². The van der Waals surface area contributed by atoms with Crippen LogP contribution >= 0.6 is 0 Å². The third kappa shape index (κ3) is 2.47. The summed E-state index contributed by atoms with van der Waals surface area (Å²) in [7, 11) is 0. The van der Waals surface area contributed by atoms with E-state index in [2.05, 4.69) is 19.8 Å². The molecule has 88 valence electrons. The highest BCUT2D eigenvalue weighted by atomic mass is 16.6. The van der Waals surface area contributed by atoms with Crippen LogP contribution in [-0.2, 0) is 11.3 Å². The number of carbonyl (C=O) groups is 1. The van der Waals surface area contributed by atoms with Crippen LogP contribution in [0.15, 0.2) is 4.63 Å². The Labute approximate surface area is 94.8 Å². The van der Waals surface area contributed by atoms with Gasteiger partial charge in [0, 0.05) is 19.0 Å². The third-order valence-corrected chi connectivity index (χ3v) is 3.20. The molecule has 1 saturated heterocycles. The third-order valence-electron chi connectivity index (χ3n) is 3.20. The van der Waals surface area contributed by atoms with Gasteiger partial charge in [-0.25, -0.2) is 4.63 Å². The number of rotatable bonds is 3. The lowest BCUT2D eigenvalue weighted by Crippen LogP contribution is -2.37. The summed E-state index contributed by atoms with van der Waals surface area (Å²) in [6.07, 6.45) is 2.09. The number of aromatic nitrogens is 2. The summed E-state index contributed by atoms with van der Waals surface area (Å²) >= 11 is 0. The Balaban J connectivity index is 1.95. The van der Waals surface area contributed by atoms with E-state index >= 15 is 0 Å². The van der Waals surface area contributed by atoms with Gasteiger partial charge in [0.05, 0.1) is 0 Å². The predicted molar refractivity (Wildman–Crippen MR) is 57.7 cm³/mol. The highest BCUT2D eigenvalue weighted by molar-refractivity contribution is 5.78. The molecule has 0 bridgehead atoms. The molecule has 0 saturated carbocycles. The van der Waals surface area contributed by atoms with Crippen molar-refractivity contribution in [1.82, 2.24) is 15.2 Å². The molecule has 2 heterocycles. The Morgan fingerprint density at radius 3 is 3.00 bits per heavy atom. The lowest BCUT2D eigenvalue weighted by atomic mass is 9.94. The van der Waals surface area contributed by atoms with Crippen LogP contribution in [0.5, 0.6) is 0 Å². The number of aryl methyl sites for hydroxylation is 1. The Hall–Kier alpha value is -1.23. The molecule has 1 aromatic rings. The van der Waals surface area contributed by atoms with Gasteiger partial charge in [-0.2, -0.15) is 0 Å². The maximum atomic E-state index is 11.3. The van der Waals surface area contributed by atoms with Crippen molar-refractivity contribution in [2.45, 2.75) is 33.2 Å². The Morgan fingerprint density at radius 2 is 2.38 bits per heavy atom. The van der Waals surface area contributed by atoms with E-state index in [1.807, 2.05) is 6.92 Å². The second kappa shape index (κ2) is 4.74. The van der Waals surface area contributed by atoms with Crippen molar-refractivity contribution < 1.29 is 9.42 Å². The molecule has 0 spiro atoms. The summed E-state index contributed by atoms with van der Waals surface area (Å²) in [6, 6.07) is 0. The molecular weight excluding hydrogens is 206 g/mol. The van der Waals surface area contributed by atoms with E-state index in [1.54, 1.807) is 6.92 Å². The van der Waals surface area contributed by atoms with Crippen LogP contribution in [0.4, 0.5) is 0 Å². The Bertz CT molecular complexity index is 375. The molecule has 0 aromatic carbocycles. The highest BCUT2D eigenvalue weighted by Gasteiger charge is 2.24. The molecule has 0 N–H and O–H groups in total. The van der Waals surface area contributed by atoms with Gasteiger partial charge in [-0.3, -0.25) is 9.69 Å². The zero-order chi connectivity index (χ0) is 11.5. The zero-order valence-corrected chi connectivity index (χ0v) is 9.77. The number of piperidine rings is 1. The van der Waals surface area contributed by atoms with Gasteiger partial charge in [0.2, 0.25) is 0 Å². The number of nitrogens with zero attached hydrogens (tertiary/aromatic N) is 3. The largest absolute Gasteiger partial charge is 0.300 e. The number of Topliss-reactive ketones (excluding diaryl/α,β-unsaturated/α-hetero) is 1. The molecule has 1 aliphatic rings. The lowest BCUT2D eigenvalue weighted by molar-refractivity contribution is -0.122. The Kier molecular flexibility index (Phi) is 3.33. The number of likely N-dealkylation sites (tertiary alicyclic amines) is 1. The first-order valence-electron chi connectivity index (χ1n) is 5.67. The fourth-order valence-electron chi connectivity index (χ4n) is 2.14. The molecule has 1 aromatic heterocycles. The molecule has 0 radical (unpaired) electrons. The maximum absolute atomic E-state index is 11.3. The molecule has 0 aliphatic carbocycles. The van der Waals surface area contributed by atoms with Crippen LogP contribution in [0.3, 0.4) is 0 Å². The Morgan fingerprint density at radius 1 is 1.56 bits per heavy atom. The van der Waals surface area contributed by atoms with Crippen LogP contribution in [-0.4, -0.2) is 34.1 Å². The molecule has 1 fully saturated rings. The monoisotopic (exact) mass is 223 g/mol. The smallest absolute Gasteiger partial charge is 0.134 e. The molecule has 1 atom stereocenters. The quantitative estimate of drug-likeness (QED) is 0.770. The summed E-state index contributed by atoms with van der Waals surface area (Å²) in [5.41, 5.74) is 1.72. The molecule has 5 nitrogen and oxygen atoms in total. The van der Waals surface area contributed by atoms with E-state index in [0.717, 1.165) is 43.9 Å². The van der Waals surface area contributed by atoms with Crippen molar-refractivity contribution in [3.63, 3.8) is 0 Å². The summed E-state index contributed by atoms with van der Waals surface area (Å²) in [6.45, 7) is 6.16. The van der Waals surface area contributed by atoms with Crippen molar-refractivity contribution in [3.05, 3.63) is 11.4 Å². The summed E-state index contributed by atoms with van der Waals surface area (Å²) in [5.74, 6) is 0.480. The van der Waals surface area contributed by atoms with E-state index in [4.69, 9.17) is 0 Å². The van der Waals surface area contributed by atoms with Crippen LogP contribution in [0, 0.1) is 12.8 Å². The SMILES string of the molecule is CC(=O)C1CCCN(Cc2nonc2C)C1. The average molecular weight is 223 g/mol. The minimum Gasteiger partial charge on any atom is -0.300 e. The molecular formula is C11H17N3O2. The molecule has 1 aliphatic heterocycles. The van der Waals surface area contributed by atoms with Gasteiger partial charge in [0.25, 0.3) is 0 Å². The van der Waals surface area contributed by atoms with Crippen LogP contribution in [0.1, 0.15) is 31.2 Å². The van der Waals surface area contributed by atoms with Crippen molar-refractivity contribution in [2.75, 3.05) is 13.1 Å². The van der Waals surface area contributed by atoms with Gasteiger partial charge in [-0.05, 0) is 33.2 Å². The molecule has 16 heavy (non-hydrogen) atoms. The van der Waals surface area contributed by atoms with Gasteiger partial charge in [-0.15, -0.1) is 0 Å². The number of carbonyl (C=O) groups excluding carboxylic acids is 1. The number of hydrogen-bond donors (Lipinski definition) is 0. The summed E-state index contributed by atoms with van der Waals surface area (Å²) in [4.78, 5) is 13.6. The number of ketones is 1. The first-order valence-corrected chi connectivity index (χ1v) is 5.67. The zero-order valence-electron chi connectivity index (χ0n) is 9.77. The van der Waals surface area contributed by atoms with Crippen molar-refractivity contribution in [3.8, 4) is 0 Å². The minimum atomic E-state index is 0.189. The second-order valence-electron chi connectivity index (χ2n) is 4.48. The van der Waals surface area contributed by atoms with Crippen molar-refractivity contribution >= 4 is 5.78 Å². The molecule has 1 unspecified atom stereocenters. The van der Waals surface area contributed by atoms with Gasteiger partial charge in [0.1, 0.15) is 17.2 Å². The van der Waals surface area contributed by atoms with Crippen LogP contribution in [0.2, 0.25) is 0 Å². The number of hydrogen-bond acceptors (Lipinski definition) is 5. The van der Waals surface area contributed by atoms with Gasteiger partial charge in [-0.1, -0.05) is 10.3 Å². The fourth-order valence-corrected chi connectivity index (χ4v) is 2.14. The normalized spacial score (nSPS) is 22.2. The van der Waals surface area contributed by atoms with Crippen molar-refractivity contribution in [1.29, 1.82) is 0 Å². The minimum absolute atomic E-state index is 0.189. The molecule has 2 rings (SSSR count). The van der Waals surface area contributed by atoms with E-state index in [1.165, 1.54) is 0 Å². The van der Waals surface area contributed by atoms with Gasteiger partial charge < -0.3 is 0 Å². The van der Waals surface area contributed by atoms with E-state index < -0.39 is 0 Å². The summed E-state index contributed by atoms with van der Waals surface area (Å²) in [5, 5.41) is 7.62. The van der Waals surface area contributed by atoms with Crippen LogP contribution in [0.25, 0.3) is 0 Å². The maximum Gasteiger partial charge on any atom is 0.134 e. The first kappa shape index (κ1) is 11.3. The summed E-state index contributed by atoms with van der Waals surface area (Å²) < 4.78 is 4.67.